The van der Waals surface area contributed by atoms with Crippen molar-refractivity contribution in [2.24, 2.45) is 5.73 Å². The fourth-order valence-electron chi connectivity index (χ4n) is 0.667. The van der Waals surface area contributed by atoms with Crippen molar-refractivity contribution in [2.75, 3.05) is 26.8 Å². The zero-order valence-electron chi connectivity index (χ0n) is 7.97. The summed E-state index contributed by atoms with van der Waals surface area (Å²) in [6.45, 7) is 0.141. The Labute approximate surface area is 81.9 Å². The number of aliphatic hydroxyl groups is 1. The third kappa shape index (κ3) is 6.01. The smallest absolute Gasteiger partial charge is 0.404 e. The lowest BCUT2D eigenvalue weighted by Crippen LogP contribution is -2.27. The molecule has 0 fully saturated rings. The molecule has 0 atom stereocenters. The first-order valence-electron chi connectivity index (χ1n) is 4.02. The summed E-state index contributed by atoms with van der Waals surface area (Å²) in [5.74, 6) is -0.271. The van der Waals surface area contributed by atoms with Crippen molar-refractivity contribution in [3.63, 3.8) is 0 Å². The summed E-state index contributed by atoms with van der Waals surface area (Å²) in [7, 11) is 1.55. The summed E-state index contributed by atoms with van der Waals surface area (Å²) in [4.78, 5) is 22.6. The van der Waals surface area contributed by atoms with Crippen LogP contribution in [0.2, 0.25) is 0 Å². The molecular weight excluding hydrogens is 188 g/mol. The lowest BCUT2D eigenvalue weighted by Gasteiger charge is -2.12. The molecule has 0 aromatic heterocycles. The highest BCUT2D eigenvalue weighted by Crippen LogP contribution is 1.86. The number of likely N-dealkylation sites (N-methyl/N-ethyl adjacent to an activating group) is 1. The van der Waals surface area contributed by atoms with Gasteiger partial charge in [-0.25, -0.2) is 4.79 Å². The van der Waals surface area contributed by atoms with E-state index in [0.717, 1.165) is 0 Å². The van der Waals surface area contributed by atoms with Gasteiger partial charge in [-0.2, -0.15) is 0 Å². The van der Waals surface area contributed by atoms with E-state index in [-0.39, 0.29) is 25.7 Å². The van der Waals surface area contributed by atoms with Crippen LogP contribution in [0.5, 0.6) is 0 Å². The molecule has 0 aliphatic carbocycles. The van der Waals surface area contributed by atoms with Crippen LogP contribution in [0.1, 0.15) is 0 Å². The van der Waals surface area contributed by atoms with Gasteiger partial charge in [-0.15, -0.1) is 0 Å². The van der Waals surface area contributed by atoms with Crippen LogP contribution in [0.4, 0.5) is 4.79 Å². The molecule has 0 aromatic rings. The molecule has 0 aliphatic rings. The van der Waals surface area contributed by atoms with Crippen LogP contribution in [0.25, 0.3) is 0 Å². The topological polar surface area (TPSA) is 92.9 Å². The van der Waals surface area contributed by atoms with Gasteiger partial charge in [0.05, 0.1) is 6.61 Å². The maximum atomic E-state index is 11.1. The Balaban J connectivity index is 3.75. The Hall–Kier alpha value is -1.56. The molecule has 3 N–H and O–H groups in total. The molecule has 0 bridgehead atoms. The normalized spacial score (nSPS) is 10.1. The van der Waals surface area contributed by atoms with E-state index in [0.29, 0.717) is 0 Å². The maximum Gasteiger partial charge on any atom is 0.404 e. The van der Waals surface area contributed by atoms with E-state index in [1.807, 2.05) is 0 Å². The molecule has 0 spiro atoms. The fourth-order valence-corrected chi connectivity index (χ4v) is 0.667. The van der Waals surface area contributed by atoms with Crippen molar-refractivity contribution in [3.05, 3.63) is 12.2 Å². The Morgan fingerprint density at radius 1 is 1.57 bits per heavy atom. The highest BCUT2D eigenvalue weighted by Gasteiger charge is 2.02. The van der Waals surface area contributed by atoms with E-state index in [9.17, 15) is 9.59 Å². The summed E-state index contributed by atoms with van der Waals surface area (Å²) in [5.41, 5.74) is 4.69. The minimum atomic E-state index is -0.884. The van der Waals surface area contributed by atoms with E-state index >= 15 is 0 Å². The Morgan fingerprint density at radius 3 is 2.71 bits per heavy atom. The van der Waals surface area contributed by atoms with Crippen LogP contribution in [-0.4, -0.2) is 48.8 Å². The van der Waals surface area contributed by atoms with Gasteiger partial charge in [-0.05, 0) is 6.08 Å². The van der Waals surface area contributed by atoms with Gasteiger partial charge in [-0.3, -0.25) is 4.79 Å². The van der Waals surface area contributed by atoms with E-state index < -0.39 is 6.09 Å². The number of hydrogen-bond acceptors (Lipinski definition) is 4. The van der Waals surface area contributed by atoms with Gasteiger partial charge >= 0.3 is 6.09 Å². The number of carbonyl (C=O) groups excluding carboxylic acids is 2. The minimum absolute atomic E-state index is 0.0337. The van der Waals surface area contributed by atoms with E-state index in [2.05, 4.69) is 4.74 Å². The summed E-state index contributed by atoms with van der Waals surface area (Å²) in [6, 6.07) is 0. The van der Waals surface area contributed by atoms with Gasteiger partial charge in [0.25, 0.3) is 0 Å². The molecule has 0 unspecified atom stereocenters. The van der Waals surface area contributed by atoms with Crippen LogP contribution in [-0.2, 0) is 9.53 Å². The zero-order chi connectivity index (χ0) is 11.0. The Kier molecular flexibility index (Phi) is 6.13. The van der Waals surface area contributed by atoms with E-state index in [1.165, 1.54) is 17.1 Å². The van der Waals surface area contributed by atoms with Gasteiger partial charge in [0.15, 0.2) is 0 Å². The van der Waals surface area contributed by atoms with Gasteiger partial charge in [0.2, 0.25) is 5.91 Å². The predicted octanol–water partition coefficient (Wildman–Crippen LogP) is -0.911. The van der Waals surface area contributed by atoms with Crippen LogP contribution in [0.3, 0.4) is 0 Å². The van der Waals surface area contributed by atoms with Gasteiger partial charge < -0.3 is 20.5 Å². The number of carbonyl (C=O) groups is 2. The number of ether oxygens (including phenoxy) is 1. The first kappa shape index (κ1) is 12.4. The molecule has 0 saturated heterocycles. The minimum Gasteiger partial charge on any atom is -0.445 e. The van der Waals surface area contributed by atoms with Gasteiger partial charge in [0, 0.05) is 19.7 Å². The number of aliphatic hydroxyl groups excluding tert-OH is 1. The number of hydrogen-bond donors (Lipinski definition) is 2. The molecule has 14 heavy (non-hydrogen) atoms. The van der Waals surface area contributed by atoms with Crippen LogP contribution in [0, 0.1) is 0 Å². The largest absolute Gasteiger partial charge is 0.445 e. The third-order valence-electron chi connectivity index (χ3n) is 1.39. The Morgan fingerprint density at radius 2 is 2.21 bits per heavy atom. The highest BCUT2D eigenvalue weighted by molar-refractivity contribution is 5.87. The lowest BCUT2D eigenvalue weighted by atomic mass is 10.4. The number of nitrogens with two attached hydrogens (primary N) is 1. The van der Waals surface area contributed by atoms with Crippen molar-refractivity contribution in [2.45, 2.75) is 0 Å². The molecule has 0 radical (unpaired) electrons. The molecule has 2 amide bonds. The molecule has 0 aliphatic heterocycles. The monoisotopic (exact) mass is 202 g/mol. The van der Waals surface area contributed by atoms with Gasteiger partial charge in [-0.1, -0.05) is 0 Å². The first-order valence-corrected chi connectivity index (χ1v) is 4.02. The van der Waals surface area contributed by atoms with Crippen molar-refractivity contribution >= 4 is 12.0 Å². The first-order chi connectivity index (χ1) is 6.57. The van der Waals surface area contributed by atoms with Crippen molar-refractivity contribution in [1.29, 1.82) is 0 Å². The number of primary amides is 1. The third-order valence-corrected chi connectivity index (χ3v) is 1.39. The lowest BCUT2D eigenvalue weighted by molar-refractivity contribution is -0.125. The summed E-state index contributed by atoms with van der Waals surface area (Å²) < 4.78 is 4.36. The second kappa shape index (κ2) is 6.90. The highest BCUT2D eigenvalue weighted by atomic mass is 16.5. The molecular formula is C8H14N2O4. The number of rotatable bonds is 5. The van der Waals surface area contributed by atoms with Crippen LogP contribution in [0.15, 0.2) is 12.2 Å². The fraction of sp³-hybridized carbons (Fsp3) is 0.500. The molecule has 0 heterocycles. The van der Waals surface area contributed by atoms with Crippen molar-refractivity contribution < 1.29 is 19.4 Å². The SMILES string of the molecule is CN(CCO)C(=O)/C=C/COC(N)=O. The average Bonchev–Trinajstić information content (AvgIpc) is 2.12. The summed E-state index contributed by atoms with van der Waals surface area (Å²) in [6.07, 6.45) is 1.74. The summed E-state index contributed by atoms with van der Waals surface area (Å²) >= 11 is 0. The van der Waals surface area contributed by atoms with E-state index in [4.69, 9.17) is 10.8 Å². The molecule has 80 valence electrons. The summed E-state index contributed by atoms with van der Waals surface area (Å²) in [5, 5.41) is 8.53. The molecule has 6 heteroatoms. The van der Waals surface area contributed by atoms with Gasteiger partial charge in [0.1, 0.15) is 6.61 Å². The Bertz CT molecular complexity index is 227. The molecule has 0 saturated carbocycles. The maximum absolute atomic E-state index is 11.1. The molecule has 0 rings (SSSR count). The van der Waals surface area contributed by atoms with E-state index in [1.54, 1.807) is 7.05 Å². The van der Waals surface area contributed by atoms with Crippen molar-refractivity contribution in [3.8, 4) is 0 Å². The van der Waals surface area contributed by atoms with Crippen LogP contribution < -0.4 is 5.73 Å². The predicted molar refractivity (Wildman–Crippen MR) is 49.4 cm³/mol. The zero-order valence-corrected chi connectivity index (χ0v) is 7.97. The quantitative estimate of drug-likeness (QED) is 0.564. The standard InChI is InChI=1S/C8H14N2O4/c1-10(4-5-11)7(12)3-2-6-14-8(9)13/h2-3,11H,4-6H2,1H3,(H2,9,13)/b3-2+. The number of nitrogens with zero attached hydrogens (tertiary/aromatic N) is 1. The molecule has 0 aromatic carbocycles. The molecule has 6 nitrogen and oxygen atoms in total. The van der Waals surface area contributed by atoms with Crippen LogP contribution >= 0.6 is 0 Å². The second-order valence-corrected chi connectivity index (χ2v) is 2.52. The number of amides is 2. The average molecular weight is 202 g/mol. The van der Waals surface area contributed by atoms with Crippen molar-refractivity contribution in [1.82, 2.24) is 4.90 Å². The second-order valence-electron chi connectivity index (χ2n) is 2.52.